The zero-order valence-electron chi connectivity index (χ0n) is 9.09. The van der Waals surface area contributed by atoms with Gasteiger partial charge in [0.25, 0.3) is 0 Å². The fourth-order valence-corrected chi connectivity index (χ4v) is 2.57. The summed E-state index contributed by atoms with van der Waals surface area (Å²) in [6.07, 6.45) is -0.239. The van der Waals surface area contributed by atoms with Crippen molar-refractivity contribution in [3.05, 3.63) is 48.0 Å². The first-order chi connectivity index (χ1) is 7.68. The fourth-order valence-electron chi connectivity index (χ4n) is 1.79. The zero-order valence-corrected chi connectivity index (χ0v) is 9.91. The SMILES string of the molecule is C=C(C)C1OS(=O)OCC1c1ccccc1. The van der Waals surface area contributed by atoms with Crippen molar-refractivity contribution in [2.45, 2.75) is 18.9 Å². The van der Waals surface area contributed by atoms with E-state index in [2.05, 4.69) is 6.58 Å². The normalized spacial score (nSPS) is 29.9. The zero-order chi connectivity index (χ0) is 11.5. The number of hydrogen-bond donors (Lipinski definition) is 0. The maximum absolute atomic E-state index is 11.2. The summed E-state index contributed by atoms with van der Waals surface area (Å²) in [6, 6.07) is 9.93. The van der Waals surface area contributed by atoms with Crippen molar-refractivity contribution in [1.82, 2.24) is 0 Å². The molecule has 0 spiro atoms. The van der Waals surface area contributed by atoms with Crippen LogP contribution in [0.5, 0.6) is 0 Å². The third kappa shape index (κ3) is 2.40. The molecule has 0 N–H and O–H groups in total. The molecule has 1 heterocycles. The summed E-state index contributed by atoms with van der Waals surface area (Å²) in [5, 5.41) is 0. The molecule has 0 saturated carbocycles. The van der Waals surface area contributed by atoms with Crippen LogP contribution in [0.3, 0.4) is 0 Å². The van der Waals surface area contributed by atoms with E-state index in [1.165, 1.54) is 0 Å². The van der Waals surface area contributed by atoms with Crippen molar-refractivity contribution >= 4 is 11.4 Å². The van der Waals surface area contributed by atoms with Gasteiger partial charge in [0.05, 0.1) is 6.61 Å². The molecule has 1 saturated heterocycles. The van der Waals surface area contributed by atoms with Gasteiger partial charge < -0.3 is 0 Å². The largest absolute Gasteiger partial charge is 0.305 e. The van der Waals surface area contributed by atoms with E-state index in [1.54, 1.807) is 0 Å². The monoisotopic (exact) mass is 238 g/mol. The van der Waals surface area contributed by atoms with Crippen LogP contribution in [0.2, 0.25) is 0 Å². The summed E-state index contributed by atoms with van der Waals surface area (Å²) in [7, 11) is 0. The summed E-state index contributed by atoms with van der Waals surface area (Å²) in [5.74, 6) is 0.0661. The summed E-state index contributed by atoms with van der Waals surface area (Å²) in [4.78, 5) is 0. The second-order valence-corrected chi connectivity index (χ2v) is 4.71. The quantitative estimate of drug-likeness (QED) is 0.742. The standard InChI is InChI=1S/C12H14O3S/c1-9(2)12-11(8-14-16(13)15-12)10-6-4-3-5-7-10/h3-7,11-12H,1,8H2,2H3. The molecular formula is C12H14O3S. The summed E-state index contributed by atoms with van der Waals surface area (Å²) >= 11 is -1.65. The first-order valence-corrected chi connectivity index (χ1v) is 6.11. The van der Waals surface area contributed by atoms with E-state index in [-0.39, 0.29) is 12.0 Å². The van der Waals surface area contributed by atoms with E-state index >= 15 is 0 Å². The summed E-state index contributed by atoms with van der Waals surface area (Å²) < 4.78 is 21.5. The lowest BCUT2D eigenvalue weighted by atomic mass is 9.91. The van der Waals surface area contributed by atoms with Gasteiger partial charge in [-0.1, -0.05) is 36.9 Å². The van der Waals surface area contributed by atoms with Gasteiger partial charge in [0.15, 0.2) is 0 Å². The van der Waals surface area contributed by atoms with Gasteiger partial charge in [-0.25, -0.2) is 0 Å². The van der Waals surface area contributed by atoms with Gasteiger partial charge >= 0.3 is 11.4 Å². The van der Waals surface area contributed by atoms with Crippen molar-refractivity contribution in [2.75, 3.05) is 6.61 Å². The number of rotatable bonds is 2. The van der Waals surface area contributed by atoms with Gasteiger partial charge in [0.1, 0.15) is 6.10 Å². The third-order valence-electron chi connectivity index (χ3n) is 2.60. The second kappa shape index (κ2) is 4.91. The molecule has 1 aliphatic heterocycles. The van der Waals surface area contributed by atoms with Gasteiger partial charge in [0.2, 0.25) is 0 Å². The summed E-state index contributed by atoms with van der Waals surface area (Å²) in [5.41, 5.74) is 1.98. The molecule has 0 aliphatic carbocycles. The van der Waals surface area contributed by atoms with E-state index in [9.17, 15) is 4.21 Å². The Morgan fingerprint density at radius 1 is 1.44 bits per heavy atom. The van der Waals surface area contributed by atoms with Crippen LogP contribution in [0.4, 0.5) is 0 Å². The minimum absolute atomic E-state index is 0.0661. The lowest BCUT2D eigenvalue weighted by Crippen LogP contribution is -2.33. The average Bonchev–Trinajstić information content (AvgIpc) is 2.30. The van der Waals surface area contributed by atoms with Gasteiger partial charge in [0, 0.05) is 5.92 Å². The molecule has 1 fully saturated rings. The van der Waals surface area contributed by atoms with Crippen LogP contribution in [-0.4, -0.2) is 16.9 Å². The smallest absolute Gasteiger partial charge is 0.268 e. The van der Waals surface area contributed by atoms with Crippen molar-refractivity contribution in [1.29, 1.82) is 0 Å². The number of hydrogen-bond acceptors (Lipinski definition) is 3. The van der Waals surface area contributed by atoms with Crippen LogP contribution in [0.25, 0.3) is 0 Å². The molecule has 0 aromatic heterocycles. The molecule has 4 heteroatoms. The van der Waals surface area contributed by atoms with Gasteiger partial charge in [-0.15, -0.1) is 0 Å². The molecule has 3 atom stereocenters. The third-order valence-corrected chi connectivity index (χ3v) is 3.30. The lowest BCUT2D eigenvalue weighted by molar-refractivity contribution is 0.110. The van der Waals surface area contributed by atoms with E-state index in [0.29, 0.717) is 6.61 Å². The summed E-state index contributed by atoms with van der Waals surface area (Å²) in [6.45, 7) is 6.15. The van der Waals surface area contributed by atoms with Crippen molar-refractivity contribution in [3.63, 3.8) is 0 Å². The molecule has 0 radical (unpaired) electrons. The van der Waals surface area contributed by atoms with Crippen molar-refractivity contribution in [2.24, 2.45) is 0 Å². The molecule has 16 heavy (non-hydrogen) atoms. The molecule has 1 aromatic rings. The Hall–Kier alpha value is -0.970. The average molecular weight is 238 g/mol. The lowest BCUT2D eigenvalue weighted by Gasteiger charge is -2.30. The molecule has 1 aromatic carbocycles. The van der Waals surface area contributed by atoms with Crippen LogP contribution < -0.4 is 0 Å². The van der Waals surface area contributed by atoms with Crippen LogP contribution in [-0.2, 0) is 19.7 Å². The first-order valence-electron chi connectivity index (χ1n) is 5.11. The Labute approximate surface area is 97.9 Å². The first kappa shape index (κ1) is 11.5. The molecule has 0 amide bonds. The van der Waals surface area contributed by atoms with Crippen LogP contribution in [0.1, 0.15) is 18.4 Å². The Morgan fingerprint density at radius 2 is 2.12 bits per heavy atom. The Kier molecular flexibility index (Phi) is 3.53. The van der Waals surface area contributed by atoms with E-state index in [0.717, 1.165) is 11.1 Å². The maximum atomic E-state index is 11.2. The molecule has 0 bridgehead atoms. The molecule has 1 aliphatic rings. The number of benzene rings is 1. The maximum Gasteiger partial charge on any atom is 0.305 e. The van der Waals surface area contributed by atoms with Crippen LogP contribution in [0.15, 0.2) is 42.5 Å². The topological polar surface area (TPSA) is 35.5 Å². The fraction of sp³-hybridized carbons (Fsp3) is 0.333. The molecule has 3 unspecified atom stereocenters. The highest BCUT2D eigenvalue weighted by atomic mass is 32.2. The van der Waals surface area contributed by atoms with Crippen molar-refractivity contribution in [3.8, 4) is 0 Å². The van der Waals surface area contributed by atoms with E-state index in [4.69, 9.17) is 8.37 Å². The van der Waals surface area contributed by atoms with Gasteiger partial charge in [-0.3, -0.25) is 8.37 Å². The molecule has 86 valence electrons. The van der Waals surface area contributed by atoms with Gasteiger partial charge in [-0.2, -0.15) is 4.21 Å². The highest BCUT2D eigenvalue weighted by Crippen LogP contribution is 2.31. The Balaban J connectivity index is 2.25. The predicted molar refractivity (Wildman–Crippen MR) is 63.0 cm³/mol. The Morgan fingerprint density at radius 3 is 2.75 bits per heavy atom. The second-order valence-electron chi connectivity index (χ2n) is 3.87. The van der Waals surface area contributed by atoms with Crippen LogP contribution in [0, 0.1) is 0 Å². The molecular weight excluding hydrogens is 224 g/mol. The van der Waals surface area contributed by atoms with E-state index in [1.807, 2.05) is 37.3 Å². The molecule has 2 rings (SSSR count). The predicted octanol–water partition coefficient (Wildman–Crippen LogP) is 2.34. The highest BCUT2D eigenvalue weighted by molar-refractivity contribution is 7.75. The Bertz CT molecular complexity index is 402. The van der Waals surface area contributed by atoms with E-state index < -0.39 is 11.4 Å². The van der Waals surface area contributed by atoms with Crippen LogP contribution >= 0.6 is 0 Å². The highest BCUT2D eigenvalue weighted by Gasteiger charge is 2.32. The van der Waals surface area contributed by atoms with Crippen molar-refractivity contribution < 1.29 is 12.6 Å². The minimum atomic E-state index is -1.65. The molecule has 3 nitrogen and oxygen atoms in total. The minimum Gasteiger partial charge on any atom is -0.268 e. The van der Waals surface area contributed by atoms with Gasteiger partial charge in [-0.05, 0) is 18.1 Å².